The fourth-order valence-electron chi connectivity index (χ4n) is 5.01. The van der Waals surface area contributed by atoms with Crippen molar-refractivity contribution in [2.75, 3.05) is 0 Å². The van der Waals surface area contributed by atoms with Gasteiger partial charge >= 0.3 is 5.97 Å². The lowest BCUT2D eigenvalue weighted by atomic mass is 10.0. The zero-order valence-corrected chi connectivity index (χ0v) is 18.8. The first kappa shape index (κ1) is 22.0. The van der Waals surface area contributed by atoms with E-state index in [1.807, 2.05) is 29.8 Å². The van der Waals surface area contributed by atoms with Gasteiger partial charge in [-0.1, -0.05) is 56.0 Å². The van der Waals surface area contributed by atoms with Gasteiger partial charge in [0.15, 0.2) is 0 Å². The topological polar surface area (TPSA) is 66.2 Å². The zero-order chi connectivity index (χ0) is 21.6. The van der Waals surface area contributed by atoms with Gasteiger partial charge in [-0.3, -0.25) is 4.68 Å². The Balaban J connectivity index is 1.20. The molecular formula is C25H35N3O3. The number of hydrogen-bond acceptors (Lipinski definition) is 5. The average molecular weight is 426 g/mol. The van der Waals surface area contributed by atoms with Crippen molar-refractivity contribution in [1.29, 1.82) is 0 Å². The maximum absolute atomic E-state index is 12.2. The summed E-state index contributed by atoms with van der Waals surface area (Å²) in [4.78, 5) is 12.2. The molecule has 168 valence electrons. The summed E-state index contributed by atoms with van der Waals surface area (Å²) in [5.74, 6) is 0.892. The minimum atomic E-state index is -0.268. The molecule has 0 amide bonds. The Kier molecular flexibility index (Phi) is 7.38. The summed E-state index contributed by atoms with van der Waals surface area (Å²) in [6.07, 6.45) is 11.5. The molecule has 0 N–H and O–H groups in total. The first-order chi connectivity index (χ1) is 15.1. The largest absolute Gasteiger partial charge is 0.459 e. The molecule has 31 heavy (non-hydrogen) atoms. The molecule has 2 aliphatic rings. The molecule has 1 aliphatic heterocycles. The van der Waals surface area contributed by atoms with E-state index in [1.165, 1.54) is 25.7 Å². The SMILES string of the molecule is C[C@H](C[C@H]1CC[C@@H]([C@H](C)Cn2cc(CC3CCCC3)nn2)O1)OC(=O)c1ccccc1. The third-order valence-electron chi connectivity index (χ3n) is 6.72. The second kappa shape index (κ2) is 10.4. The van der Waals surface area contributed by atoms with Crippen LogP contribution >= 0.6 is 0 Å². The number of carbonyl (C=O) groups is 1. The monoisotopic (exact) mass is 425 g/mol. The number of hydrogen-bond donors (Lipinski definition) is 0. The van der Waals surface area contributed by atoms with Gasteiger partial charge in [-0.25, -0.2) is 4.79 Å². The van der Waals surface area contributed by atoms with E-state index in [0.717, 1.165) is 43.8 Å². The molecule has 1 saturated heterocycles. The lowest BCUT2D eigenvalue weighted by molar-refractivity contribution is -0.0192. The highest BCUT2D eigenvalue weighted by Crippen LogP contribution is 2.30. The molecule has 6 nitrogen and oxygen atoms in total. The maximum Gasteiger partial charge on any atom is 0.338 e. The number of aromatic nitrogens is 3. The lowest BCUT2D eigenvalue weighted by Crippen LogP contribution is -2.26. The number of esters is 1. The van der Waals surface area contributed by atoms with Gasteiger partial charge in [0.2, 0.25) is 0 Å². The van der Waals surface area contributed by atoms with E-state index >= 15 is 0 Å². The predicted molar refractivity (Wildman–Crippen MR) is 119 cm³/mol. The lowest BCUT2D eigenvalue weighted by Gasteiger charge is -2.22. The van der Waals surface area contributed by atoms with Crippen LogP contribution in [0.25, 0.3) is 0 Å². The standard InChI is InChI=1S/C25H35N3O3/c1-18(16-28-17-22(26-27-28)15-20-8-6-7-9-20)24-13-12-23(31-24)14-19(2)30-25(29)21-10-4-3-5-11-21/h3-5,10-11,17-20,23-24H,6-9,12-16H2,1-2H3/t18-,19-,23-,24+/m1/s1. The summed E-state index contributed by atoms with van der Waals surface area (Å²) >= 11 is 0. The van der Waals surface area contributed by atoms with Gasteiger partial charge in [-0.05, 0) is 44.2 Å². The quantitative estimate of drug-likeness (QED) is 0.538. The minimum Gasteiger partial charge on any atom is -0.459 e. The van der Waals surface area contributed by atoms with Gasteiger partial charge in [0.05, 0.1) is 23.5 Å². The molecule has 1 aliphatic carbocycles. The number of benzene rings is 1. The Bertz CT molecular complexity index is 832. The molecular weight excluding hydrogens is 390 g/mol. The molecule has 0 spiro atoms. The van der Waals surface area contributed by atoms with Crippen molar-refractivity contribution in [3.05, 3.63) is 47.8 Å². The second-order valence-corrected chi connectivity index (χ2v) is 9.46. The Morgan fingerprint density at radius 2 is 1.94 bits per heavy atom. The van der Waals surface area contributed by atoms with E-state index in [2.05, 4.69) is 23.4 Å². The molecule has 4 rings (SSSR count). The van der Waals surface area contributed by atoms with Gasteiger partial charge < -0.3 is 9.47 Å². The molecule has 2 fully saturated rings. The van der Waals surface area contributed by atoms with Gasteiger partial charge in [0.1, 0.15) is 6.10 Å². The van der Waals surface area contributed by atoms with Crippen LogP contribution in [-0.4, -0.2) is 39.3 Å². The first-order valence-electron chi connectivity index (χ1n) is 11.9. The summed E-state index contributed by atoms with van der Waals surface area (Å²) in [7, 11) is 0. The Labute approximate surface area is 185 Å². The molecule has 0 unspecified atom stereocenters. The van der Waals surface area contributed by atoms with Crippen molar-refractivity contribution in [2.24, 2.45) is 11.8 Å². The van der Waals surface area contributed by atoms with Crippen molar-refractivity contribution in [1.82, 2.24) is 15.0 Å². The summed E-state index contributed by atoms with van der Waals surface area (Å²) in [6.45, 7) is 5.00. The predicted octanol–water partition coefficient (Wildman–Crippen LogP) is 4.83. The summed E-state index contributed by atoms with van der Waals surface area (Å²) < 4.78 is 13.9. The summed E-state index contributed by atoms with van der Waals surface area (Å²) in [6, 6.07) is 9.15. The van der Waals surface area contributed by atoms with E-state index in [9.17, 15) is 4.79 Å². The fourth-order valence-corrected chi connectivity index (χ4v) is 5.01. The fraction of sp³-hybridized carbons (Fsp3) is 0.640. The molecule has 4 atom stereocenters. The Hall–Kier alpha value is -2.21. The van der Waals surface area contributed by atoms with Gasteiger partial charge in [-0.2, -0.15) is 0 Å². The number of nitrogens with zero attached hydrogens (tertiary/aromatic N) is 3. The van der Waals surface area contributed by atoms with E-state index in [1.54, 1.807) is 12.1 Å². The van der Waals surface area contributed by atoms with Crippen molar-refractivity contribution in [3.63, 3.8) is 0 Å². The molecule has 1 aromatic carbocycles. The molecule has 2 aromatic rings. The van der Waals surface area contributed by atoms with Crippen LogP contribution in [0.1, 0.15) is 74.8 Å². The van der Waals surface area contributed by atoms with Crippen molar-refractivity contribution in [2.45, 2.75) is 90.1 Å². The van der Waals surface area contributed by atoms with E-state index < -0.39 is 0 Å². The molecule has 6 heteroatoms. The van der Waals surface area contributed by atoms with Crippen LogP contribution in [0.2, 0.25) is 0 Å². The van der Waals surface area contributed by atoms with Crippen molar-refractivity contribution < 1.29 is 14.3 Å². The molecule has 2 heterocycles. The maximum atomic E-state index is 12.2. The highest BCUT2D eigenvalue weighted by molar-refractivity contribution is 5.89. The zero-order valence-electron chi connectivity index (χ0n) is 18.8. The molecule has 0 bridgehead atoms. The van der Waals surface area contributed by atoms with Crippen LogP contribution in [0.15, 0.2) is 36.5 Å². The third kappa shape index (κ3) is 6.16. The van der Waals surface area contributed by atoms with Gasteiger partial charge in [-0.15, -0.1) is 5.10 Å². The number of ether oxygens (including phenoxy) is 2. The van der Waals surface area contributed by atoms with Crippen molar-refractivity contribution >= 4 is 5.97 Å². The highest BCUT2D eigenvalue weighted by atomic mass is 16.5. The minimum absolute atomic E-state index is 0.139. The molecule has 1 saturated carbocycles. The van der Waals surface area contributed by atoms with E-state index in [4.69, 9.17) is 9.47 Å². The average Bonchev–Trinajstić information content (AvgIpc) is 3.52. The Morgan fingerprint density at radius 3 is 2.71 bits per heavy atom. The summed E-state index contributed by atoms with van der Waals surface area (Å²) in [5.41, 5.74) is 1.71. The smallest absolute Gasteiger partial charge is 0.338 e. The van der Waals surface area contributed by atoms with Gasteiger partial charge in [0, 0.05) is 25.1 Å². The van der Waals surface area contributed by atoms with Crippen LogP contribution < -0.4 is 0 Å². The van der Waals surface area contributed by atoms with Crippen LogP contribution in [-0.2, 0) is 22.4 Å². The van der Waals surface area contributed by atoms with Crippen LogP contribution in [0, 0.1) is 11.8 Å². The molecule has 0 radical (unpaired) electrons. The highest BCUT2D eigenvalue weighted by Gasteiger charge is 2.31. The van der Waals surface area contributed by atoms with Crippen LogP contribution in [0.4, 0.5) is 0 Å². The van der Waals surface area contributed by atoms with Crippen LogP contribution in [0.5, 0.6) is 0 Å². The van der Waals surface area contributed by atoms with E-state index in [0.29, 0.717) is 11.5 Å². The van der Waals surface area contributed by atoms with Crippen LogP contribution in [0.3, 0.4) is 0 Å². The van der Waals surface area contributed by atoms with Crippen molar-refractivity contribution in [3.8, 4) is 0 Å². The van der Waals surface area contributed by atoms with E-state index in [-0.39, 0.29) is 24.3 Å². The first-order valence-corrected chi connectivity index (χ1v) is 11.9. The second-order valence-electron chi connectivity index (χ2n) is 9.46. The summed E-state index contributed by atoms with van der Waals surface area (Å²) in [5, 5.41) is 8.74. The third-order valence-corrected chi connectivity index (χ3v) is 6.72. The van der Waals surface area contributed by atoms with Gasteiger partial charge in [0.25, 0.3) is 0 Å². The number of rotatable bonds is 9. The number of carbonyl (C=O) groups excluding carboxylic acids is 1. The Morgan fingerprint density at radius 1 is 1.16 bits per heavy atom. The normalized spacial score (nSPS) is 23.7. The molecule has 1 aromatic heterocycles.